The van der Waals surface area contributed by atoms with Crippen LogP contribution in [0.25, 0.3) is 0 Å². The Morgan fingerprint density at radius 3 is 1.33 bits per heavy atom. The number of nitrogens with zero attached hydrogens (tertiary/aromatic N) is 4. The molecule has 45 heavy (non-hydrogen) atoms. The smallest absolute Gasteiger partial charge is 0.229 e. The second-order valence-corrected chi connectivity index (χ2v) is 16.5. The Kier molecular flexibility index (Phi) is 9.20. The lowest BCUT2D eigenvalue weighted by Gasteiger charge is -2.37. The van der Waals surface area contributed by atoms with Crippen molar-refractivity contribution in [2.24, 2.45) is 0 Å². The Morgan fingerprint density at radius 2 is 0.978 bits per heavy atom. The molecule has 0 bridgehead atoms. The van der Waals surface area contributed by atoms with Crippen molar-refractivity contribution in [2.45, 2.75) is 35.0 Å². The maximum atomic E-state index is 14.4. The molecule has 2 atom stereocenters. The van der Waals surface area contributed by atoms with E-state index in [0.29, 0.717) is 11.1 Å². The molecule has 0 N–H and O–H groups in total. The lowest BCUT2D eigenvalue weighted by molar-refractivity contribution is 0.219. The van der Waals surface area contributed by atoms with Crippen molar-refractivity contribution in [2.75, 3.05) is 11.5 Å². The van der Waals surface area contributed by atoms with Crippen molar-refractivity contribution >= 4 is 29.9 Å². The zero-order chi connectivity index (χ0) is 32.2. The van der Waals surface area contributed by atoms with Gasteiger partial charge in [0, 0.05) is 13.1 Å². The van der Waals surface area contributed by atoms with Crippen LogP contribution in [-0.4, -0.2) is 57.5 Å². The van der Waals surface area contributed by atoms with E-state index in [-0.39, 0.29) is 34.0 Å². The van der Waals surface area contributed by atoms with Gasteiger partial charge in [-0.05, 0) is 47.5 Å². The van der Waals surface area contributed by atoms with E-state index in [1.54, 1.807) is 60.7 Å². The summed E-state index contributed by atoms with van der Waals surface area (Å²) in [6.45, 7) is -0.500. The molecule has 0 unspecified atom stereocenters. The summed E-state index contributed by atoms with van der Waals surface area (Å²) in [4.78, 5) is -0.445. The van der Waals surface area contributed by atoms with E-state index in [1.807, 2.05) is 12.1 Å². The first-order valence-electron chi connectivity index (χ1n) is 13.8. The van der Waals surface area contributed by atoms with Crippen molar-refractivity contribution in [1.82, 2.24) is 8.61 Å². The normalized spacial score (nSPS) is 18.0. The fourth-order valence-corrected chi connectivity index (χ4v) is 10.9. The summed E-state index contributed by atoms with van der Waals surface area (Å²) in [6, 6.07) is 29.1. The molecule has 4 aromatic carbocycles. The largest absolute Gasteiger partial charge is 0.243 e. The third-order valence-corrected chi connectivity index (χ3v) is 13.0. The quantitative estimate of drug-likeness (QED) is 0.249. The predicted molar refractivity (Wildman–Crippen MR) is 167 cm³/mol. The highest BCUT2D eigenvalue weighted by Crippen LogP contribution is 2.34. The highest BCUT2D eigenvalue weighted by Gasteiger charge is 2.50. The maximum Gasteiger partial charge on any atom is 0.243 e. The predicted octanol–water partition coefficient (Wildman–Crippen LogP) is 3.68. The molecular weight excluding hydrogens is 633 g/mol. The monoisotopic (exact) mass is 660 g/mol. The molecule has 1 aliphatic heterocycles. The Hall–Kier alpha value is -4.37. The summed E-state index contributed by atoms with van der Waals surface area (Å²) >= 11 is 0. The second-order valence-electron chi connectivity index (χ2n) is 10.6. The average Bonchev–Trinajstić information content (AvgIpc) is 3.37. The van der Waals surface area contributed by atoms with Gasteiger partial charge in [-0.25, -0.2) is 25.3 Å². The summed E-state index contributed by atoms with van der Waals surface area (Å²) < 4.78 is 86.2. The molecule has 0 amide bonds. The Labute approximate surface area is 263 Å². The first-order chi connectivity index (χ1) is 21.4. The summed E-state index contributed by atoms with van der Waals surface area (Å²) in [7, 11) is -12.9. The molecule has 0 spiro atoms. The topological polar surface area (TPSA) is 156 Å². The summed E-state index contributed by atoms with van der Waals surface area (Å²) in [5.41, 5.74) is 1.30. The van der Waals surface area contributed by atoms with Crippen LogP contribution < -0.4 is 0 Å². The van der Waals surface area contributed by atoms with E-state index < -0.39 is 53.5 Å². The number of benzene rings is 4. The van der Waals surface area contributed by atoms with E-state index in [2.05, 4.69) is 0 Å². The summed E-state index contributed by atoms with van der Waals surface area (Å²) in [5.74, 6) is -1.25. The summed E-state index contributed by atoms with van der Waals surface area (Å²) in [6.07, 6.45) is 0. The van der Waals surface area contributed by atoms with Crippen molar-refractivity contribution < 1.29 is 25.3 Å². The van der Waals surface area contributed by atoms with Gasteiger partial charge in [-0.3, -0.25) is 0 Å². The highest BCUT2D eigenvalue weighted by atomic mass is 32.2. The molecule has 0 aromatic heterocycles. The molecule has 10 nitrogen and oxygen atoms in total. The van der Waals surface area contributed by atoms with Gasteiger partial charge >= 0.3 is 0 Å². The van der Waals surface area contributed by atoms with Crippen LogP contribution in [0.3, 0.4) is 0 Å². The van der Waals surface area contributed by atoms with Gasteiger partial charge in [0.25, 0.3) is 0 Å². The molecule has 0 aliphatic carbocycles. The number of nitriles is 2. The number of hydrogen-bond acceptors (Lipinski definition) is 8. The van der Waals surface area contributed by atoms with Crippen molar-refractivity contribution in [3.8, 4) is 12.1 Å². The zero-order valence-corrected chi connectivity index (χ0v) is 26.3. The van der Waals surface area contributed by atoms with Crippen LogP contribution in [0.5, 0.6) is 0 Å². The van der Waals surface area contributed by atoms with Gasteiger partial charge < -0.3 is 0 Å². The molecule has 1 heterocycles. The van der Waals surface area contributed by atoms with Gasteiger partial charge in [-0.2, -0.15) is 19.1 Å². The molecule has 1 fully saturated rings. The first-order valence-corrected chi connectivity index (χ1v) is 18.5. The maximum absolute atomic E-state index is 14.4. The van der Waals surface area contributed by atoms with Gasteiger partial charge in [0.05, 0.1) is 56.6 Å². The molecule has 1 saturated heterocycles. The molecule has 1 aliphatic rings. The lowest BCUT2D eigenvalue weighted by atomic mass is 10.1. The fraction of sp³-hybridized carbons (Fsp3) is 0.188. The van der Waals surface area contributed by atoms with E-state index in [9.17, 15) is 35.8 Å². The van der Waals surface area contributed by atoms with Crippen LogP contribution in [0.2, 0.25) is 0 Å². The van der Waals surface area contributed by atoms with Crippen LogP contribution in [0.15, 0.2) is 119 Å². The lowest BCUT2D eigenvalue weighted by Crippen LogP contribution is -2.54. The standard InChI is InChI=1S/C32H28N4O6S3/c33-19-27-13-7-15-29(17-27)44(39,40)35(21-25-9-3-1-4-10-25)31-23-43(37,38)24-32(31)36(22-26-11-5-2-6-12-26)45(41,42)30-16-8-14-28(18-30)20-34/h1-18,31-32H,21-24H2/t31-,32-/m1/s1. The van der Waals surface area contributed by atoms with Gasteiger partial charge in [-0.15, -0.1) is 0 Å². The molecule has 5 rings (SSSR count). The molecule has 0 radical (unpaired) electrons. The van der Waals surface area contributed by atoms with Crippen LogP contribution in [-0.2, 0) is 43.0 Å². The van der Waals surface area contributed by atoms with E-state index in [1.165, 1.54) is 48.5 Å². The zero-order valence-electron chi connectivity index (χ0n) is 23.8. The average molecular weight is 661 g/mol. The minimum absolute atomic E-state index is 0.0944. The highest BCUT2D eigenvalue weighted by molar-refractivity contribution is 7.92. The first kappa shape index (κ1) is 32.0. The number of sulfonamides is 2. The van der Waals surface area contributed by atoms with Crippen molar-refractivity contribution in [1.29, 1.82) is 10.5 Å². The molecule has 230 valence electrons. The SMILES string of the molecule is N#Cc1cccc(S(=O)(=O)N(Cc2ccccc2)[C@@H]2CS(=O)(=O)C[C@H]2N(Cc2ccccc2)S(=O)(=O)c2cccc(C#N)c2)c1. The molecule has 4 aromatic rings. The fourth-order valence-electron chi connectivity index (χ4n) is 5.37. The number of rotatable bonds is 10. The van der Waals surface area contributed by atoms with Crippen molar-refractivity contribution in [3.05, 3.63) is 131 Å². The Balaban J connectivity index is 1.70. The van der Waals surface area contributed by atoms with E-state index in [0.717, 1.165) is 8.61 Å². The van der Waals surface area contributed by atoms with Crippen LogP contribution >= 0.6 is 0 Å². The van der Waals surface area contributed by atoms with Gasteiger partial charge in [0.1, 0.15) is 0 Å². The Morgan fingerprint density at radius 1 is 0.600 bits per heavy atom. The van der Waals surface area contributed by atoms with Crippen LogP contribution in [0.1, 0.15) is 22.3 Å². The van der Waals surface area contributed by atoms with E-state index >= 15 is 0 Å². The number of hydrogen-bond donors (Lipinski definition) is 0. The molecule has 13 heteroatoms. The second kappa shape index (κ2) is 12.9. The Bertz CT molecular complexity index is 1960. The summed E-state index contributed by atoms with van der Waals surface area (Å²) in [5, 5.41) is 18.9. The van der Waals surface area contributed by atoms with Gasteiger partial charge in [-0.1, -0.05) is 72.8 Å². The van der Waals surface area contributed by atoms with Gasteiger partial charge in [0.2, 0.25) is 20.0 Å². The minimum atomic E-state index is -4.47. The number of sulfone groups is 1. The minimum Gasteiger partial charge on any atom is -0.229 e. The van der Waals surface area contributed by atoms with Crippen LogP contribution in [0, 0.1) is 22.7 Å². The molecular formula is C32H28N4O6S3. The third kappa shape index (κ3) is 6.99. The molecule has 0 saturated carbocycles. The van der Waals surface area contributed by atoms with E-state index in [4.69, 9.17) is 0 Å². The van der Waals surface area contributed by atoms with Crippen LogP contribution in [0.4, 0.5) is 0 Å². The third-order valence-electron chi connectivity index (χ3n) is 7.54. The van der Waals surface area contributed by atoms with Crippen molar-refractivity contribution in [3.63, 3.8) is 0 Å². The van der Waals surface area contributed by atoms with Gasteiger partial charge in [0.15, 0.2) is 9.84 Å².